The van der Waals surface area contributed by atoms with Gasteiger partial charge in [0, 0.05) is 39.3 Å². The van der Waals surface area contributed by atoms with E-state index in [2.05, 4.69) is 22.5 Å². The van der Waals surface area contributed by atoms with E-state index in [1.165, 1.54) is 0 Å². The summed E-state index contributed by atoms with van der Waals surface area (Å²) in [6.07, 6.45) is 4.31. The second-order valence-corrected chi connectivity index (χ2v) is 5.55. The molecular weight excluding hydrogens is 268 g/mol. The first-order valence-corrected chi connectivity index (χ1v) is 8.19. The van der Waals surface area contributed by atoms with Gasteiger partial charge in [-0.05, 0) is 12.8 Å². The lowest BCUT2D eigenvalue weighted by molar-refractivity contribution is -0.122. The van der Waals surface area contributed by atoms with E-state index in [1.807, 2.05) is 11.8 Å². The van der Waals surface area contributed by atoms with Crippen molar-refractivity contribution in [2.75, 3.05) is 45.8 Å². The Labute approximate surface area is 128 Å². The lowest BCUT2D eigenvalue weighted by Gasteiger charge is -2.34. The third-order valence-electron chi connectivity index (χ3n) is 3.66. The molecule has 1 fully saturated rings. The molecule has 0 spiro atoms. The fraction of sp³-hybridized carbons (Fsp3) is 0.867. The fourth-order valence-electron chi connectivity index (χ4n) is 2.31. The van der Waals surface area contributed by atoms with E-state index >= 15 is 0 Å². The van der Waals surface area contributed by atoms with E-state index < -0.39 is 0 Å². The summed E-state index contributed by atoms with van der Waals surface area (Å²) >= 11 is 0. The highest BCUT2D eigenvalue weighted by molar-refractivity contribution is 5.78. The van der Waals surface area contributed by atoms with Crippen LogP contribution in [0.2, 0.25) is 0 Å². The molecule has 0 radical (unpaired) electrons. The zero-order valence-electron chi connectivity index (χ0n) is 13.5. The Bertz CT molecular complexity index is 315. The van der Waals surface area contributed by atoms with Crippen LogP contribution in [-0.2, 0) is 4.79 Å². The molecule has 6 heteroatoms. The molecule has 0 aromatic heterocycles. The summed E-state index contributed by atoms with van der Waals surface area (Å²) in [5.74, 6) is 0.0781. The molecule has 1 saturated heterocycles. The van der Waals surface area contributed by atoms with E-state index in [9.17, 15) is 9.59 Å². The van der Waals surface area contributed by atoms with Crippen LogP contribution in [0, 0.1) is 0 Å². The highest BCUT2D eigenvalue weighted by atomic mass is 16.2. The van der Waals surface area contributed by atoms with Crippen LogP contribution in [-0.4, -0.2) is 67.6 Å². The van der Waals surface area contributed by atoms with Crippen LogP contribution >= 0.6 is 0 Å². The van der Waals surface area contributed by atoms with Crippen molar-refractivity contribution in [2.45, 2.75) is 39.5 Å². The SMILES string of the molecule is CCCCCNC(=O)N1CCN(CC(=O)NCCC)CC1. The summed E-state index contributed by atoms with van der Waals surface area (Å²) in [7, 11) is 0. The van der Waals surface area contributed by atoms with Crippen LogP contribution in [0.5, 0.6) is 0 Å². The monoisotopic (exact) mass is 298 g/mol. The first-order chi connectivity index (χ1) is 10.2. The number of piperazine rings is 1. The second kappa shape index (κ2) is 10.4. The van der Waals surface area contributed by atoms with Gasteiger partial charge in [-0.2, -0.15) is 0 Å². The van der Waals surface area contributed by atoms with Crippen LogP contribution in [0.4, 0.5) is 4.79 Å². The normalized spacial score (nSPS) is 15.8. The zero-order valence-corrected chi connectivity index (χ0v) is 13.5. The van der Waals surface area contributed by atoms with E-state index in [4.69, 9.17) is 0 Å². The van der Waals surface area contributed by atoms with Crippen LogP contribution in [0.25, 0.3) is 0 Å². The maximum atomic E-state index is 11.9. The van der Waals surface area contributed by atoms with Gasteiger partial charge in [-0.25, -0.2) is 4.79 Å². The average Bonchev–Trinajstić information content (AvgIpc) is 2.50. The summed E-state index contributed by atoms with van der Waals surface area (Å²) in [5.41, 5.74) is 0. The van der Waals surface area contributed by atoms with Gasteiger partial charge in [0.1, 0.15) is 0 Å². The van der Waals surface area contributed by atoms with E-state index in [0.717, 1.165) is 51.9 Å². The van der Waals surface area contributed by atoms with Crippen molar-refractivity contribution in [2.24, 2.45) is 0 Å². The number of nitrogens with zero attached hydrogens (tertiary/aromatic N) is 2. The second-order valence-electron chi connectivity index (χ2n) is 5.55. The molecule has 1 heterocycles. The van der Waals surface area contributed by atoms with Gasteiger partial charge in [-0.15, -0.1) is 0 Å². The lowest BCUT2D eigenvalue weighted by Crippen LogP contribution is -2.53. The maximum absolute atomic E-state index is 11.9. The van der Waals surface area contributed by atoms with Crippen molar-refractivity contribution in [3.63, 3.8) is 0 Å². The van der Waals surface area contributed by atoms with E-state index in [1.54, 1.807) is 0 Å². The highest BCUT2D eigenvalue weighted by Crippen LogP contribution is 2.02. The predicted molar refractivity (Wildman–Crippen MR) is 84.2 cm³/mol. The largest absolute Gasteiger partial charge is 0.355 e. The van der Waals surface area contributed by atoms with Crippen LogP contribution in [0.15, 0.2) is 0 Å². The van der Waals surface area contributed by atoms with Crippen molar-refractivity contribution in [3.8, 4) is 0 Å². The van der Waals surface area contributed by atoms with E-state index in [-0.39, 0.29) is 11.9 Å². The number of carbonyl (C=O) groups excluding carboxylic acids is 2. The minimum atomic E-state index is 0.0289. The number of unbranched alkanes of at least 4 members (excludes halogenated alkanes) is 2. The molecule has 2 N–H and O–H groups in total. The van der Waals surface area contributed by atoms with Crippen molar-refractivity contribution in [3.05, 3.63) is 0 Å². The molecular formula is C15H30N4O2. The molecule has 0 atom stereocenters. The molecule has 122 valence electrons. The van der Waals surface area contributed by atoms with Gasteiger partial charge in [0.15, 0.2) is 0 Å². The van der Waals surface area contributed by atoms with Crippen molar-refractivity contribution >= 4 is 11.9 Å². The minimum Gasteiger partial charge on any atom is -0.355 e. The number of hydrogen-bond donors (Lipinski definition) is 2. The Morgan fingerprint density at radius 3 is 2.24 bits per heavy atom. The van der Waals surface area contributed by atoms with Crippen LogP contribution in [0.3, 0.4) is 0 Å². The molecule has 0 saturated carbocycles. The van der Waals surface area contributed by atoms with Gasteiger partial charge in [0.25, 0.3) is 0 Å². The number of carbonyl (C=O) groups is 2. The molecule has 0 aliphatic carbocycles. The summed E-state index contributed by atoms with van der Waals surface area (Å²) in [6.45, 7) is 9.04. The topological polar surface area (TPSA) is 64.7 Å². The molecule has 21 heavy (non-hydrogen) atoms. The first-order valence-electron chi connectivity index (χ1n) is 8.19. The minimum absolute atomic E-state index is 0.0289. The molecule has 1 rings (SSSR count). The Hall–Kier alpha value is -1.30. The molecule has 0 unspecified atom stereocenters. The van der Waals surface area contributed by atoms with Gasteiger partial charge < -0.3 is 15.5 Å². The Kier molecular flexibility index (Phi) is 8.82. The van der Waals surface area contributed by atoms with Gasteiger partial charge in [-0.3, -0.25) is 9.69 Å². The predicted octanol–water partition coefficient (Wildman–Crippen LogP) is 1.03. The lowest BCUT2D eigenvalue weighted by atomic mass is 10.2. The zero-order chi connectivity index (χ0) is 15.5. The van der Waals surface area contributed by atoms with Crippen molar-refractivity contribution < 1.29 is 9.59 Å². The number of urea groups is 1. The van der Waals surface area contributed by atoms with Crippen LogP contribution in [0.1, 0.15) is 39.5 Å². The quantitative estimate of drug-likeness (QED) is 0.658. The summed E-state index contributed by atoms with van der Waals surface area (Å²) in [5, 5.41) is 5.84. The summed E-state index contributed by atoms with van der Waals surface area (Å²) in [4.78, 5) is 27.5. The Morgan fingerprint density at radius 2 is 1.62 bits per heavy atom. The smallest absolute Gasteiger partial charge is 0.317 e. The standard InChI is InChI=1S/C15H30N4O2/c1-3-5-6-8-17-15(21)19-11-9-18(10-12-19)13-14(20)16-7-4-2/h3-13H2,1-2H3,(H,16,20)(H,17,21). The van der Waals surface area contributed by atoms with Gasteiger partial charge >= 0.3 is 6.03 Å². The maximum Gasteiger partial charge on any atom is 0.317 e. The Morgan fingerprint density at radius 1 is 0.905 bits per heavy atom. The van der Waals surface area contributed by atoms with Gasteiger partial charge in [0.2, 0.25) is 5.91 Å². The number of hydrogen-bond acceptors (Lipinski definition) is 3. The summed E-state index contributed by atoms with van der Waals surface area (Å²) in [6, 6.07) is 0.0289. The number of nitrogens with one attached hydrogen (secondary N) is 2. The van der Waals surface area contributed by atoms with Crippen LogP contribution < -0.4 is 10.6 Å². The third kappa shape index (κ3) is 7.32. The fourth-order valence-corrected chi connectivity index (χ4v) is 2.31. The van der Waals surface area contributed by atoms with Gasteiger partial charge in [-0.1, -0.05) is 26.7 Å². The number of amides is 3. The molecule has 1 aliphatic heterocycles. The molecule has 0 aromatic rings. The average molecular weight is 298 g/mol. The summed E-state index contributed by atoms with van der Waals surface area (Å²) < 4.78 is 0. The third-order valence-corrected chi connectivity index (χ3v) is 3.66. The molecule has 6 nitrogen and oxygen atoms in total. The molecule has 1 aliphatic rings. The van der Waals surface area contributed by atoms with Gasteiger partial charge in [0.05, 0.1) is 6.54 Å². The van der Waals surface area contributed by atoms with Crippen molar-refractivity contribution in [1.29, 1.82) is 0 Å². The van der Waals surface area contributed by atoms with Crippen molar-refractivity contribution in [1.82, 2.24) is 20.4 Å². The highest BCUT2D eigenvalue weighted by Gasteiger charge is 2.21. The Balaban J connectivity index is 2.16. The molecule has 0 aromatic carbocycles. The van der Waals surface area contributed by atoms with E-state index in [0.29, 0.717) is 19.6 Å². The molecule has 3 amide bonds. The molecule has 0 bridgehead atoms. The number of rotatable bonds is 8. The first kappa shape index (κ1) is 17.8.